The van der Waals surface area contributed by atoms with E-state index in [1.807, 2.05) is 25.1 Å². The Labute approximate surface area is 113 Å². The van der Waals surface area contributed by atoms with Crippen LogP contribution in [0.25, 0.3) is 0 Å². The molecule has 19 heavy (non-hydrogen) atoms. The van der Waals surface area contributed by atoms with Crippen molar-refractivity contribution in [3.05, 3.63) is 58.8 Å². The van der Waals surface area contributed by atoms with Gasteiger partial charge in [-0.25, -0.2) is 4.39 Å². The van der Waals surface area contributed by atoms with E-state index in [4.69, 9.17) is 4.42 Å². The third kappa shape index (κ3) is 3.04. The predicted molar refractivity (Wildman–Crippen MR) is 74.7 cm³/mol. The lowest BCUT2D eigenvalue weighted by Gasteiger charge is -2.16. The first kappa shape index (κ1) is 13.8. The van der Waals surface area contributed by atoms with E-state index in [2.05, 4.69) is 12.2 Å². The van der Waals surface area contributed by atoms with E-state index in [0.29, 0.717) is 5.56 Å². The maximum atomic E-state index is 13.7. The smallest absolute Gasteiger partial charge is 0.126 e. The number of aryl methyl sites for hydroxylation is 2. The van der Waals surface area contributed by atoms with Gasteiger partial charge in [-0.1, -0.05) is 26.0 Å². The molecule has 2 rings (SSSR count). The summed E-state index contributed by atoms with van der Waals surface area (Å²) < 4.78 is 19.5. The Morgan fingerprint density at radius 1 is 1.21 bits per heavy atom. The molecule has 0 aliphatic rings. The topological polar surface area (TPSA) is 25.2 Å². The highest BCUT2D eigenvalue weighted by atomic mass is 19.1. The van der Waals surface area contributed by atoms with Crippen molar-refractivity contribution < 1.29 is 8.81 Å². The molecule has 0 saturated carbocycles. The zero-order valence-corrected chi connectivity index (χ0v) is 11.7. The predicted octanol–water partition coefficient (Wildman–Crippen LogP) is 3.99. The van der Waals surface area contributed by atoms with E-state index in [1.54, 1.807) is 19.1 Å². The van der Waals surface area contributed by atoms with Gasteiger partial charge in [0.2, 0.25) is 0 Å². The number of rotatable bonds is 5. The van der Waals surface area contributed by atoms with Crippen molar-refractivity contribution in [3.63, 3.8) is 0 Å². The second-order valence-corrected chi connectivity index (χ2v) is 4.66. The molecule has 1 aromatic heterocycles. The van der Waals surface area contributed by atoms with E-state index in [-0.39, 0.29) is 11.9 Å². The van der Waals surface area contributed by atoms with Crippen molar-refractivity contribution in [2.45, 2.75) is 33.2 Å². The summed E-state index contributed by atoms with van der Waals surface area (Å²) in [5.74, 6) is 1.61. The molecule has 1 atom stereocenters. The summed E-state index contributed by atoms with van der Waals surface area (Å²) in [5, 5.41) is 3.34. The summed E-state index contributed by atoms with van der Waals surface area (Å²) >= 11 is 0. The molecule has 102 valence electrons. The summed E-state index contributed by atoms with van der Waals surface area (Å²) in [6, 6.07) is 9.17. The Hall–Kier alpha value is -1.61. The molecule has 1 unspecified atom stereocenters. The highest BCUT2D eigenvalue weighted by molar-refractivity contribution is 5.31. The number of hydrogen-bond donors (Lipinski definition) is 1. The molecular weight excluding hydrogens is 241 g/mol. The van der Waals surface area contributed by atoms with Gasteiger partial charge in [0.25, 0.3) is 0 Å². The first-order valence-electron chi connectivity index (χ1n) is 6.73. The van der Waals surface area contributed by atoms with Crippen molar-refractivity contribution >= 4 is 0 Å². The molecule has 1 heterocycles. The van der Waals surface area contributed by atoms with Crippen LogP contribution < -0.4 is 5.32 Å². The van der Waals surface area contributed by atoms with Crippen LogP contribution in [0.4, 0.5) is 4.39 Å². The van der Waals surface area contributed by atoms with Crippen LogP contribution in [-0.2, 0) is 6.42 Å². The first-order valence-corrected chi connectivity index (χ1v) is 6.73. The maximum Gasteiger partial charge on any atom is 0.126 e. The van der Waals surface area contributed by atoms with E-state index < -0.39 is 0 Å². The fourth-order valence-electron chi connectivity index (χ4n) is 2.12. The molecule has 2 nitrogen and oxygen atoms in total. The third-order valence-electron chi connectivity index (χ3n) is 3.25. The molecule has 0 aliphatic carbocycles. The molecule has 0 bridgehead atoms. The van der Waals surface area contributed by atoms with Crippen molar-refractivity contribution in [1.82, 2.24) is 5.32 Å². The average molecular weight is 261 g/mol. The molecule has 1 aromatic carbocycles. The van der Waals surface area contributed by atoms with Gasteiger partial charge in [0.05, 0.1) is 6.04 Å². The van der Waals surface area contributed by atoms with Gasteiger partial charge in [-0.3, -0.25) is 0 Å². The van der Waals surface area contributed by atoms with Gasteiger partial charge < -0.3 is 9.73 Å². The van der Waals surface area contributed by atoms with Crippen LogP contribution in [-0.4, -0.2) is 6.54 Å². The molecule has 0 radical (unpaired) electrons. The van der Waals surface area contributed by atoms with Crippen LogP contribution in [0.3, 0.4) is 0 Å². The highest BCUT2D eigenvalue weighted by Crippen LogP contribution is 2.25. The SMILES string of the molecule is CCNC(c1ccc(C)c(F)c1)c1ccc(CC)o1. The van der Waals surface area contributed by atoms with Crippen molar-refractivity contribution in [2.24, 2.45) is 0 Å². The summed E-state index contributed by atoms with van der Waals surface area (Å²) in [5.41, 5.74) is 1.55. The lowest BCUT2D eigenvalue weighted by molar-refractivity contribution is 0.425. The molecule has 0 fully saturated rings. The fourth-order valence-corrected chi connectivity index (χ4v) is 2.12. The number of furan rings is 1. The lowest BCUT2D eigenvalue weighted by atomic mass is 10.0. The molecular formula is C16H20FNO. The molecule has 1 N–H and O–H groups in total. The monoisotopic (exact) mass is 261 g/mol. The quantitative estimate of drug-likeness (QED) is 0.880. The number of benzene rings is 1. The molecule has 0 spiro atoms. The Morgan fingerprint density at radius 3 is 2.58 bits per heavy atom. The normalized spacial score (nSPS) is 12.6. The van der Waals surface area contributed by atoms with Crippen LogP contribution in [0.1, 0.15) is 42.5 Å². The summed E-state index contributed by atoms with van der Waals surface area (Å²) in [6.45, 7) is 6.64. The second kappa shape index (κ2) is 6.02. The highest BCUT2D eigenvalue weighted by Gasteiger charge is 2.17. The zero-order valence-electron chi connectivity index (χ0n) is 11.7. The molecule has 0 saturated heterocycles. The molecule has 3 heteroatoms. The van der Waals surface area contributed by atoms with E-state index >= 15 is 0 Å². The minimum absolute atomic E-state index is 0.0969. The minimum atomic E-state index is -0.178. The first-order chi connectivity index (χ1) is 9.15. The second-order valence-electron chi connectivity index (χ2n) is 4.66. The molecule has 2 aromatic rings. The lowest BCUT2D eigenvalue weighted by Crippen LogP contribution is -2.21. The molecule has 0 aliphatic heterocycles. The Balaban J connectivity index is 2.35. The van der Waals surface area contributed by atoms with Gasteiger partial charge in [0, 0.05) is 6.42 Å². The van der Waals surface area contributed by atoms with Gasteiger partial charge in [-0.2, -0.15) is 0 Å². The van der Waals surface area contributed by atoms with E-state index in [0.717, 1.165) is 30.0 Å². The number of halogens is 1. The standard InChI is InChI=1S/C16H20FNO/c1-4-13-8-9-15(19-13)16(18-5-2)12-7-6-11(3)14(17)10-12/h6-10,16,18H,4-5H2,1-3H3. The van der Waals surface area contributed by atoms with E-state index in [9.17, 15) is 4.39 Å². The third-order valence-corrected chi connectivity index (χ3v) is 3.25. The van der Waals surface area contributed by atoms with Gasteiger partial charge in [0.15, 0.2) is 0 Å². The van der Waals surface area contributed by atoms with Gasteiger partial charge >= 0.3 is 0 Å². The fraction of sp³-hybridized carbons (Fsp3) is 0.375. The van der Waals surface area contributed by atoms with Gasteiger partial charge in [-0.05, 0) is 42.8 Å². The number of nitrogens with one attached hydrogen (secondary N) is 1. The zero-order chi connectivity index (χ0) is 13.8. The summed E-state index contributed by atoms with van der Waals surface area (Å²) in [4.78, 5) is 0. The largest absolute Gasteiger partial charge is 0.464 e. The van der Waals surface area contributed by atoms with E-state index in [1.165, 1.54) is 0 Å². The average Bonchev–Trinajstić information content (AvgIpc) is 2.88. The summed E-state index contributed by atoms with van der Waals surface area (Å²) in [6.07, 6.45) is 0.862. The number of hydrogen-bond acceptors (Lipinski definition) is 2. The minimum Gasteiger partial charge on any atom is -0.464 e. The van der Waals surface area contributed by atoms with Crippen molar-refractivity contribution in [3.8, 4) is 0 Å². The van der Waals surface area contributed by atoms with Crippen molar-refractivity contribution in [1.29, 1.82) is 0 Å². The van der Waals surface area contributed by atoms with Crippen molar-refractivity contribution in [2.75, 3.05) is 6.54 Å². The van der Waals surface area contributed by atoms with Gasteiger partial charge in [0.1, 0.15) is 17.3 Å². The van der Waals surface area contributed by atoms with Crippen LogP contribution in [0.5, 0.6) is 0 Å². The summed E-state index contributed by atoms with van der Waals surface area (Å²) in [7, 11) is 0. The van der Waals surface area contributed by atoms with Gasteiger partial charge in [-0.15, -0.1) is 0 Å². The Kier molecular flexibility index (Phi) is 4.38. The van der Waals surface area contributed by atoms with Crippen LogP contribution in [0, 0.1) is 12.7 Å². The van der Waals surface area contributed by atoms with Crippen LogP contribution in [0.15, 0.2) is 34.7 Å². The Morgan fingerprint density at radius 2 is 2.00 bits per heavy atom. The molecule has 0 amide bonds. The van der Waals surface area contributed by atoms with Crippen LogP contribution >= 0.6 is 0 Å². The Bertz CT molecular complexity index is 547. The van der Waals surface area contributed by atoms with Crippen LogP contribution in [0.2, 0.25) is 0 Å². The maximum absolute atomic E-state index is 13.7.